The maximum atomic E-state index is 13.0. The Labute approximate surface area is 138 Å². The lowest BCUT2D eigenvalue weighted by molar-refractivity contribution is 0.0980. The van der Waals surface area contributed by atoms with Crippen LogP contribution in [0, 0.1) is 6.92 Å². The van der Waals surface area contributed by atoms with Gasteiger partial charge in [0.25, 0.3) is 5.91 Å². The zero-order chi connectivity index (χ0) is 16.0. The lowest BCUT2D eigenvalue weighted by Gasteiger charge is -2.23. The molecule has 0 radical (unpaired) electrons. The van der Waals surface area contributed by atoms with Gasteiger partial charge in [-0.25, -0.2) is 9.50 Å². The van der Waals surface area contributed by atoms with Crippen LogP contribution in [0.3, 0.4) is 0 Å². The van der Waals surface area contributed by atoms with Crippen LogP contribution in [0.2, 0.25) is 5.02 Å². The van der Waals surface area contributed by atoms with Crippen LogP contribution in [-0.4, -0.2) is 26.5 Å². The molecule has 0 aliphatic heterocycles. The molecule has 3 aromatic rings. The number of fused-ring (bicyclic) bond motifs is 1. The lowest BCUT2D eigenvalue weighted by atomic mass is 10.1. The minimum absolute atomic E-state index is 0.0941. The van der Waals surface area contributed by atoms with E-state index in [4.69, 9.17) is 11.6 Å². The summed E-state index contributed by atoms with van der Waals surface area (Å²) in [5, 5.41) is 5.03. The second-order valence-electron chi connectivity index (χ2n) is 5.79. The molecule has 1 aliphatic rings. The van der Waals surface area contributed by atoms with Gasteiger partial charge in [-0.2, -0.15) is 5.10 Å². The molecule has 0 saturated heterocycles. The van der Waals surface area contributed by atoms with Gasteiger partial charge >= 0.3 is 0 Å². The number of nitrogens with zero attached hydrogens (tertiary/aromatic N) is 4. The molecule has 5 nitrogen and oxygen atoms in total. The molecule has 1 aliphatic carbocycles. The molecule has 0 atom stereocenters. The summed E-state index contributed by atoms with van der Waals surface area (Å²) in [4.78, 5) is 19.1. The van der Waals surface area contributed by atoms with Crippen molar-refractivity contribution < 1.29 is 4.79 Å². The quantitative estimate of drug-likeness (QED) is 0.740. The summed E-state index contributed by atoms with van der Waals surface area (Å²) >= 11 is 6.04. The van der Waals surface area contributed by atoms with E-state index in [0.29, 0.717) is 16.4 Å². The maximum absolute atomic E-state index is 13.0. The lowest BCUT2D eigenvalue weighted by Crippen LogP contribution is -2.34. The largest absolute Gasteiger partial charge is 0.304 e. The van der Waals surface area contributed by atoms with Crippen molar-refractivity contribution in [1.29, 1.82) is 0 Å². The van der Waals surface area contributed by atoms with Gasteiger partial charge in [-0.15, -0.1) is 0 Å². The molecule has 0 bridgehead atoms. The van der Waals surface area contributed by atoms with E-state index < -0.39 is 0 Å². The molecule has 2 heterocycles. The number of hydrogen-bond acceptors (Lipinski definition) is 3. The second kappa shape index (κ2) is 5.35. The molecule has 6 heteroatoms. The number of rotatable bonds is 3. The number of halogens is 1. The molecule has 2 aromatic heterocycles. The number of anilines is 1. The zero-order valence-corrected chi connectivity index (χ0v) is 13.4. The zero-order valence-electron chi connectivity index (χ0n) is 12.6. The first-order chi connectivity index (χ1) is 11.1. The summed E-state index contributed by atoms with van der Waals surface area (Å²) in [7, 11) is 0. The molecule has 1 fully saturated rings. The second-order valence-corrected chi connectivity index (χ2v) is 6.23. The average molecular weight is 327 g/mol. The van der Waals surface area contributed by atoms with E-state index in [1.807, 2.05) is 30.0 Å². The Balaban J connectivity index is 1.76. The van der Waals surface area contributed by atoms with Crippen LogP contribution in [0.5, 0.6) is 0 Å². The van der Waals surface area contributed by atoms with Crippen molar-refractivity contribution in [3.8, 4) is 0 Å². The van der Waals surface area contributed by atoms with Gasteiger partial charge in [-0.3, -0.25) is 4.79 Å². The number of benzene rings is 1. The van der Waals surface area contributed by atoms with Gasteiger partial charge in [0, 0.05) is 35.2 Å². The first-order valence-corrected chi connectivity index (χ1v) is 7.91. The first-order valence-electron chi connectivity index (χ1n) is 7.53. The van der Waals surface area contributed by atoms with Gasteiger partial charge in [-0.1, -0.05) is 11.6 Å². The molecule has 4 rings (SSSR count). The summed E-state index contributed by atoms with van der Waals surface area (Å²) in [5.74, 6) is -0.0941. The number of aromatic nitrogens is 3. The first kappa shape index (κ1) is 14.2. The Hall–Kier alpha value is -2.40. The summed E-state index contributed by atoms with van der Waals surface area (Å²) in [6.45, 7) is 1.97. The van der Waals surface area contributed by atoms with Crippen molar-refractivity contribution in [2.75, 3.05) is 4.90 Å². The highest BCUT2D eigenvalue weighted by molar-refractivity contribution is 6.30. The van der Waals surface area contributed by atoms with Crippen molar-refractivity contribution >= 4 is 28.8 Å². The molecule has 23 heavy (non-hydrogen) atoms. The molecule has 1 saturated carbocycles. The Kier molecular flexibility index (Phi) is 3.31. The Morgan fingerprint density at radius 3 is 2.87 bits per heavy atom. The number of hydrogen-bond donors (Lipinski definition) is 0. The standard InChI is InChI=1S/C17H15ClN4O/c1-11-9-12(18)3-6-15(11)22(13-4-5-13)17(23)14-10-16-19-7-2-8-21(16)20-14/h2-3,6-10,13H,4-5H2,1H3. The summed E-state index contributed by atoms with van der Waals surface area (Å²) in [6.07, 6.45) is 5.50. The van der Waals surface area contributed by atoms with Crippen LogP contribution < -0.4 is 4.90 Å². The third-order valence-electron chi connectivity index (χ3n) is 4.00. The van der Waals surface area contributed by atoms with Gasteiger partial charge < -0.3 is 4.90 Å². The van der Waals surface area contributed by atoms with Crippen LogP contribution in [0.15, 0.2) is 42.7 Å². The molecular weight excluding hydrogens is 312 g/mol. The smallest absolute Gasteiger partial charge is 0.279 e. The van der Waals surface area contributed by atoms with Crippen LogP contribution >= 0.6 is 11.6 Å². The monoisotopic (exact) mass is 326 g/mol. The topological polar surface area (TPSA) is 50.5 Å². The fraction of sp³-hybridized carbons (Fsp3) is 0.235. The molecule has 0 spiro atoms. The predicted molar refractivity (Wildman–Crippen MR) is 89.0 cm³/mol. The van der Waals surface area contributed by atoms with Crippen molar-refractivity contribution in [3.05, 3.63) is 59.0 Å². The Morgan fingerprint density at radius 2 is 2.17 bits per heavy atom. The highest BCUT2D eigenvalue weighted by atomic mass is 35.5. The van der Waals surface area contributed by atoms with Gasteiger partial charge in [0.1, 0.15) is 0 Å². The van der Waals surface area contributed by atoms with E-state index in [1.165, 1.54) is 0 Å². The Bertz CT molecular complexity index is 867. The van der Waals surface area contributed by atoms with Gasteiger partial charge in [-0.05, 0) is 49.6 Å². The predicted octanol–water partition coefficient (Wildman–Crippen LogP) is 3.50. The van der Waals surface area contributed by atoms with Gasteiger partial charge in [0.2, 0.25) is 0 Å². The van der Waals surface area contributed by atoms with E-state index >= 15 is 0 Å². The van der Waals surface area contributed by atoms with Gasteiger partial charge in [0.05, 0.1) is 0 Å². The summed E-state index contributed by atoms with van der Waals surface area (Å²) in [5.41, 5.74) is 2.95. The van der Waals surface area contributed by atoms with Crippen molar-refractivity contribution in [3.63, 3.8) is 0 Å². The number of carbonyl (C=O) groups is 1. The number of amides is 1. The fourth-order valence-electron chi connectivity index (χ4n) is 2.75. The van der Waals surface area contributed by atoms with E-state index in [9.17, 15) is 4.79 Å². The normalized spacial score (nSPS) is 14.2. The number of carbonyl (C=O) groups excluding carboxylic acids is 1. The highest BCUT2D eigenvalue weighted by Crippen LogP contribution is 2.35. The third kappa shape index (κ3) is 2.57. The fourth-order valence-corrected chi connectivity index (χ4v) is 2.98. The van der Waals surface area contributed by atoms with Crippen LogP contribution in [-0.2, 0) is 0 Å². The molecule has 1 aromatic carbocycles. The van der Waals surface area contributed by atoms with Crippen molar-refractivity contribution in [1.82, 2.24) is 14.6 Å². The van der Waals surface area contributed by atoms with Crippen molar-refractivity contribution in [2.24, 2.45) is 0 Å². The van der Waals surface area contributed by atoms with Crippen LogP contribution in [0.25, 0.3) is 5.65 Å². The van der Waals surface area contributed by atoms with Gasteiger partial charge in [0.15, 0.2) is 11.3 Å². The number of aryl methyl sites for hydroxylation is 1. The highest BCUT2D eigenvalue weighted by Gasteiger charge is 2.36. The SMILES string of the molecule is Cc1cc(Cl)ccc1N(C(=O)c1cc2ncccn2n1)C1CC1. The van der Waals surface area contributed by atoms with Crippen molar-refractivity contribution in [2.45, 2.75) is 25.8 Å². The molecule has 1 amide bonds. The maximum Gasteiger partial charge on any atom is 0.279 e. The minimum Gasteiger partial charge on any atom is -0.304 e. The Morgan fingerprint density at radius 1 is 1.35 bits per heavy atom. The van der Waals surface area contributed by atoms with Crippen LogP contribution in [0.4, 0.5) is 5.69 Å². The van der Waals surface area contributed by atoms with Crippen LogP contribution in [0.1, 0.15) is 28.9 Å². The van der Waals surface area contributed by atoms with E-state index in [0.717, 1.165) is 24.1 Å². The van der Waals surface area contributed by atoms with E-state index in [2.05, 4.69) is 10.1 Å². The molecule has 0 N–H and O–H groups in total. The average Bonchev–Trinajstić information content (AvgIpc) is 3.26. The minimum atomic E-state index is -0.0941. The molecule has 0 unspecified atom stereocenters. The summed E-state index contributed by atoms with van der Waals surface area (Å²) < 4.78 is 1.62. The van der Waals surface area contributed by atoms with E-state index in [-0.39, 0.29) is 11.9 Å². The molecule has 116 valence electrons. The summed E-state index contributed by atoms with van der Waals surface area (Å²) in [6, 6.07) is 9.35. The van der Waals surface area contributed by atoms with E-state index in [1.54, 1.807) is 29.0 Å². The molecular formula is C17H15ClN4O. The third-order valence-corrected chi connectivity index (χ3v) is 4.24.